The van der Waals surface area contributed by atoms with Gasteiger partial charge in [0, 0.05) is 23.5 Å². The topological polar surface area (TPSA) is 114 Å². The number of nitrogens with one attached hydrogen (secondary N) is 2. The molecule has 1 heterocycles. The number of aliphatic hydroxyl groups excluding tert-OH is 1. The highest BCUT2D eigenvalue weighted by Crippen LogP contribution is 2.37. The number of para-hydroxylation sites is 1. The van der Waals surface area contributed by atoms with Gasteiger partial charge in [0.15, 0.2) is 0 Å². The van der Waals surface area contributed by atoms with Gasteiger partial charge >= 0.3 is 6.09 Å². The number of hydrogen-bond donors (Lipinski definition) is 3. The van der Waals surface area contributed by atoms with E-state index in [0.717, 1.165) is 47.5 Å². The van der Waals surface area contributed by atoms with Crippen LogP contribution in [0.2, 0.25) is 0 Å². The molecule has 0 spiro atoms. The van der Waals surface area contributed by atoms with Crippen LogP contribution >= 0.6 is 11.3 Å². The SMILES string of the molecule is CC(C)(C)OC(=O)NCCNS(=O)(=O)c1ccc(-c2ccccc2O[C@H]2CC[C@@H](O)CC2)s1. The smallest absolute Gasteiger partial charge is 0.407 e. The van der Waals surface area contributed by atoms with Crippen molar-refractivity contribution in [3.63, 3.8) is 0 Å². The average Bonchev–Trinajstić information content (AvgIpc) is 3.23. The number of alkyl carbamates (subject to hydrolysis) is 1. The molecule has 0 bridgehead atoms. The van der Waals surface area contributed by atoms with E-state index in [4.69, 9.17) is 9.47 Å². The van der Waals surface area contributed by atoms with Crippen LogP contribution in [0.4, 0.5) is 4.79 Å². The molecule has 1 saturated carbocycles. The Morgan fingerprint density at radius 1 is 1.09 bits per heavy atom. The predicted octanol–water partition coefficient (Wildman–Crippen LogP) is 3.90. The van der Waals surface area contributed by atoms with E-state index in [1.807, 2.05) is 24.3 Å². The van der Waals surface area contributed by atoms with Crippen molar-refractivity contribution >= 4 is 27.5 Å². The number of hydrogen-bond acceptors (Lipinski definition) is 7. The molecule has 0 atom stereocenters. The Bertz CT molecular complexity index is 1040. The van der Waals surface area contributed by atoms with E-state index in [0.29, 0.717) is 5.75 Å². The lowest BCUT2D eigenvalue weighted by molar-refractivity contribution is 0.0529. The molecule has 33 heavy (non-hydrogen) atoms. The predicted molar refractivity (Wildman–Crippen MR) is 128 cm³/mol. The molecule has 1 aliphatic carbocycles. The Morgan fingerprint density at radius 2 is 1.79 bits per heavy atom. The van der Waals surface area contributed by atoms with Crippen molar-refractivity contribution in [3.05, 3.63) is 36.4 Å². The molecular weight excluding hydrogens is 464 g/mol. The molecule has 1 aromatic carbocycles. The summed E-state index contributed by atoms with van der Waals surface area (Å²) in [5, 5.41) is 12.2. The third-order valence-electron chi connectivity index (χ3n) is 5.02. The molecule has 1 aliphatic rings. The minimum atomic E-state index is -3.72. The number of carbonyl (C=O) groups excluding carboxylic acids is 1. The number of aliphatic hydroxyl groups is 1. The van der Waals surface area contributed by atoms with E-state index in [-0.39, 0.29) is 29.5 Å². The molecule has 0 aliphatic heterocycles. The molecular formula is C23H32N2O6S2. The summed E-state index contributed by atoms with van der Waals surface area (Å²) in [6.07, 6.45) is 2.23. The van der Waals surface area contributed by atoms with E-state index in [9.17, 15) is 18.3 Å². The van der Waals surface area contributed by atoms with Gasteiger partial charge < -0.3 is 19.9 Å². The zero-order valence-corrected chi connectivity index (χ0v) is 20.8. The minimum absolute atomic E-state index is 0.0388. The van der Waals surface area contributed by atoms with Crippen molar-refractivity contribution in [2.75, 3.05) is 13.1 Å². The van der Waals surface area contributed by atoms with Gasteiger partial charge in [-0.1, -0.05) is 12.1 Å². The summed E-state index contributed by atoms with van der Waals surface area (Å²) in [7, 11) is -3.72. The van der Waals surface area contributed by atoms with Gasteiger partial charge in [-0.05, 0) is 70.7 Å². The highest BCUT2D eigenvalue weighted by Gasteiger charge is 2.23. The Morgan fingerprint density at radius 3 is 2.48 bits per heavy atom. The zero-order valence-electron chi connectivity index (χ0n) is 19.2. The van der Waals surface area contributed by atoms with Crippen LogP contribution in [0.3, 0.4) is 0 Å². The van der Waals surface area contributed by atoms with Crippen molar-refractivity contribution in [3.8, 4) is 16.2 Å². The van der Waals surface area contributed by atoms with Gasteiger partial charge in [0.2, 0.25) is 10.0 Å². The van der Waals surface area contributed by atoms with Crippen molar-refractivity contribution in [1.29, 1.82) is 0 Å². The van der Waals surface area contributed by atoms with Gasteiger partial charge in [-0.3, -0.25) is 0 Å². The zero-order chi connectivity index (χ0) is 24.1. The third kappa shape index (κ3) is 7.70. The lowest BCUT2D eigenvalue weighted by Crippen LogP contribution is -2.37. The van der Waals surface area contributed by atoms with E-state index >= 15 is 0 Å². The second kappa shape index (κ2) is 10.9. The molecule has 0 saturated heterocycles. The van der Waals surface area contributed by atoms with Gasteiger partial charge in [0.1, 0.15) is 15.6 Å². The number of benzene rings is 1. The highest BCUT2D eigenvalue weighted by atomic mass is 32.2. The molecule has 2 aromatic rings. The quantitative estimate of drug-likeness (QED) is 0.478. The van der Waals surface area contributed by atoms with Crippen molar-refractivity contribution in [2.24, 2.45) is 0 Å². The third-order valence-corrected chi connectivity index (χ3v) is 8.09. The van der Waals surface area contributed by atoms with Crippen molar-refractivity contribution < 1.29 is 27.8 Å². The van der Waals surface area contributed by atoms with Crippen LogP contribution in [-0.2, 0) is 14.8 Å². The largest absolute Gasteiger partial charge is 0.490 e. The van der Waals surface area contributed by atoms with E-state index in [2.05, 4.69) is 10.0 Å². The molecule has 0 unspecified atom stereocenters. The highest BCUT2D eigenvalue weighted by molar-refractivity contribution is 7.91. The van der Waals surface area contributed by atoms with Gasteiger partial charge in [-0.2, -0.15) is 0 Å². The number of rotatable bonds is 8. The number of sulfonamides is 1. The Hall–Kier alpha value is -2.14. The van der Waals surface area contributed by atoms with Crippen LogP contribution in [0.5, 0.6) is 5.75 Å². The number of ether oxygens (including phenoxy) is 2. The molecule has 10 heteroatoms. The monoisotopic (exact) mass is 496 g/mol. The van der Waals surface area contributed by atoms with Crippen LogP contribution in [0.25, 0.3) is 10.4 Å². The first kappa shape index (κ1) is 25.5. The maximum Gasteiger partial charge on any atom is 0.407 e. The minimum Gasteiger partial charge on any atom is -0.490 e. The van der Waals surface area contributed by atoms with Gasteiger partial charge in [-0.25, -0.2) is 17.9 Å². The van der Waals surface area contributed by atoms with E-state index < -0.39 is 21.7 Å². The molecule has 182 valence electrons. The van der Waals surface area contributed by atoms with Gasteiger partial charge in [0.05, 0.1) is 12.2 Å². The molecule has 1 amide bonds. The molecule has 1 fully saturated rings. The number of thiophene rings is 1. The second-order valence-corrected chi connectivity index (χ2v) is 12.1. The van der Waals surface area contributed by atoms with Crippen LogP contribution in [0.15, 0.2) is 40.6 Å². The first-order valence-electron chi connectivity index (χ1n) is 11.0. The van der Waals surface area contributed by atoms with E-state index in [1.54, 1.807) is 32.9 Å². The Balaban J connectivity index is 1.60. The van der Waals surface area contributed by atoms with Crippen LogP contribution < -0.4 is 14.8 Å². The molecule has 1 aromatic heterocycles. The fourth-order valence-corrected chi connectivity index (χ4v) is 5.87. The van der Waals surface area contributed by atoms with Crippen LogP contribution in [0.1, 0.15) is 46.5 Å². The van der Waals surface area contributed by atoms with Crippen LogP contribution in [0, 0.1) is 0 Å². The van der Waals surface area contributed by atoms with Crippen molar-refractivity contribution in [1.82, 2.24) is 10.0 Å². The lowest BCUT2D eigenvalue weighted by Gasteiger charge is -2.27. The summed E-state index contributed by atoms with van der Waals surface area (Å²) < 4.78 is 39.4. The summed E-state index contributed by atoms with van der Waals surface area (Å²) in [6.45, 7) is 5.42. The summed E-state index contributed by atoms with van der Waals surface area (Å²) in [5.74, 6) is 0.708. The van der Waals surface area contributed by atoms with Gasteiger partial charge in [0.25, 0.3) is 0 Å². The normalized spacial score (nSPS) is 19.2. The Labute approximate surface area is 199 Å². The fraction of sp³-hybridized carbons (Fsp3) is 0.522. The summed E-state index contributed by atoms with van der Waals surface area (Å²) >= 11 is 1.16. The van der Waals surface area contributed by atoms with Crippen LogP contribution in [-0.4, -0.2) is 50.5 Å². The molecule has 8 nitrogen and oxygen atoms in total. The molecule has 3 rings (SSSR count). The van der Waals surface area contributed by atoms with Crippen molar-refractivity contribution in [2.45, 2.75) is 68.5 Å². The summed E-state index contributed by atoms with van der Waals surface area (Å²) in [4.78, 5) is 12.5. The lowest BCUT2D eigenvalue weighted by atomic mass is 9.95. The molecule has 0 radical (unpaired) electrons. The van der Waals surface area contributed by atoms with E-state index in [1.165, 1.54) is 0 Å². The number of amides is 1. The molecule has 3 N–H and O–H groups in total. The maximum atomic E-state index is 12.7. The fourth-order valence-electron chi connectivity index (χ4n) is 3.46. The second-order valence-electron chi connectivity index (χ2n) is 8.99. The summed E-state index contributed by atoms with van der Waals surface area (Å²) in [5.41, 5.74) is 0.219. The maximum absolute atomic E-state index is 12.7. The first-order chi connectivity index (χ1) is 15.5. The Kier molecular flexibility index (Phi) is 8.38. The first-order valence-corrected chi connectivity index (χ1v) is 13.3. The average molecular weight is 497 g/mol. The van der Waals surface area contributed by atoms with Gasteiger partial charge in [-0.15, -0.1) is 11.3 Å². The summed E-state index contributed by atoms with van der Waals surface area (Å²) in [6, 6.07) is 10.9. The number of carbonyl (C=O) groups is 1. The standard InChI is InChI=1S/C23H32N2O6S2/c1-23(2,3)31-22(27)24-14-15-25-33(28,29)21-13-12-20(32-21)18-6-4-5-7-19(18)30-17-10-8-16(26)9-11-17/h4-7,12-13,16-17,25-26H,8-11,14-15H2,1-3H3,(H,24,27)/t16-,17+.